The SMILES string of the molecule is O=C(Cn1nc2c(cc1=O)CCCCC2)Nc1nncs1. The van der Waals surface area contributed by atoms with E-state index < -0.39 is 0 Å². The maximum atomic E-state index is 12.0. The fraction of sp³-hybridized carbons (Fsp3) is 0.462. The van der Waals surface area contributed by atoms with Crippen molar-refractivity contribution in [3.8, 4) is 0 Å². The summed E-state index contributed by atoms with van der Waals surface area (Å²) < 4.78 is 1.22. The number of hydrogen-bond donors (Lipinski definition) is 1. The van der Waals surface area contributed by atoms with Crippen molar-refractivity contribution in [2.45, 2.75) is 38.6 Å². The smallest absolute Gasteiger partial charge is 0.267 e. The Morgan fingerprint density at radius 2 is 2.19 bits per heavy atom. The van der Waals surface area contributed by atoms with Gasteiger partial charge in [-0.2, -0.15) is 5.10 Å². The van der Waals surface area contributed by atoms with E-state index in [2.05, 4.69) is 20.6 Å². The molecule has 2 aromatic heterocycles. The third-order valence-electron chi connectivity index (χ3n) is 3.42. The summed E-state index contributed by atoms with van der Waals surface area (Å²) >= 11 is 1.23. The summed E-state index contributed by atoms with van der Waals surface area (Å²) in [6.07, 6.45) is 5.09. The van der Waals surface area contributed by atoms with Gasteiger partial charge in [-0.15, -0.1) is 10.2 Å². The number of amides is 1. The summed E-state index contributed by atoms with van der Waals surface area (Å²) in [5.74, 6) is -0.324. The molecular formula is C13H15N5O2S. The monoisotopic (exact) mass is 305 g/mol. The Labute approximate surface area is 125 Å². The molecule has 7 nitrogen and oxygen atoms in total. The lowest BCUT2D eigenvalue weighted by atomic mass is 10.1. The first kappa shape index (κ1) is 13.9. The van der Waals surface area contributed by atoms with E-state index >= 15 is 0 Å². The Hall–Kier alpha value is -2.09. The summed E-state index contributed by atoms with van der Waals surface area (Å²) in [5, 5.41) is 14.7. The Bertz CT molecular complexity index is 695. The number of rotatable bonds is 3. The maximum Gasteiger partial charge on any atom is 0.267 e. The van der Waals surface area contributed by atoms with E-state index in [0.717, 1.165) is 43.4 Å². The van der Waals surface area contributed by atoms with Gasteiger partial charge in [0.15, 0.2) is 0 Å². The first-order valence-electron chi connectivity index (χ1n) is 6.88. The second kappa shape index (κ2) is 6.13. The highest BCUT2D eigenvalue weighted by molar-refractivity contribution is 7.13. The van der Waals surface area contributed by atoms with E-state index in [1.54, 1.807) is 6.07 Å². The molecule has 0 aromatic carbocycles. The molecule has 0 aliphatic heterocycles. The minimum absolute atomic E-state index is 0.105. The number of anilines is 1. The fourth-order valence-corrected chi connectivity index (χ4v) is 2.87. The van der Waals surface area contributed by atoms with Gasteiger partial charge >= 0.3 is 0 Å². The van der Waals surface area contributed by atoms with Crippen molar-refractivity contribution in [1.29, 1.82) is 0 Å². The third kappa shape index (κ3) is 3.33. The molecule has 110 valence electrons. The van der Waals surface area contributed by atoms with Crippen LogP contribution in [-0.4, -0.2) is 25.9 Å². The van der Waals surface area contributed by atoms with E-state index in [0.29, 0.717) is 5.13 Å². The van der Waals surface area contributed by atoms with Crippen molar-refractivity contribution in [2.24, 2.45) is 0 Å². The van der Waals surface area contributed by atoms with E-state index in [1.165, 1.54) is 21.5 Å². The van der Waals surface area contributed by atoms with Gasteiger partial charge in [-0.25, -0.2) is 4.68 Å². The van der Waals surface area contributed by atoms with Gasteiger partial charge in [-0.05, 0) is 31.2 Å². The number of hydrogen-bond acceptors (Lipinski definition) is 6. The highest BCUT2D eigenvalue weighted by atomic mass is 32.1. The normalized spacial score (nSPS) is 14.3. The average Bonchev–Trinajstić information content (AvgIpc) is 2.85. The van der Waals surface area contributed by atoms with Crippen LogP contribution < -0.4 is 10.9 Å². The molecule has 0 atom stereocenters. The van der Waals surface area contributed by atoms with Crippen molar-refractivity contribution in [2.75, 3.05) is 5.32 Å². The minimum Gasteiger partial charge on any atom is -0.299 e. The molecule has 0 radical (unpaired) electrons. The van der Waals surface area contributed by atoms with Crippen LogP contribution in [0.4, 0.5) is 5.13 Å². The first-order valence-corrected chi connectivity index (χ1v) is 7.76. The van der Waals surface area contributed by atoms with Crippen LogP contribution in [0.3, 0.4) is 0 Å². The zero-order valence-electron chi connectivity index (χ0n) is 11.4. The fourth-order valence-electron chi connectivity index (χ4n) is 2.41. The standard InChI is InChI=1S/C13H15N5O2S/c19-11(15-13-16-14-8-21-13)7-18-12(20)6-9-4-2-1-3-5-10(9)17-18/h6,8H,1-5,7H2,(H,15,16,19). The molecule has 1 amide bonds. The lowest BCUT2D eigenvalue weighted by Crippen LogP contribution is -2.30. The Balaban J connectivity index is 1.77. The van der Waals surface area contributed by atoms with Crippen molar-refractivity contribution in [1.82, 2.24) is 20.0 Å². The summed E-state index contributed by atoms with van der Waals surface area (Å²) in [7, 11) is 0. The van der Waals surface area contributed by atoms with Gasteiger partial charge in [0, 0.05) is 6.07 Å². The zero-order valence-corrected chi connectivity index (χ0v) is 12.2. The molecule has 2 aromatic rings. The van der Waals surface area contributed by atoms with Crippen LogP contribution in [0.25, 0.3) is 0 Å². The number of nitrogens with zero attached hydrogens (tertiary/aromatic N) is 4. The zero-order chi connectivity index (χ0) is 14.7. The van der Waals surface area contributed by atoms with Gasteiger partial charge in [0.2, 0.25) is 11.0 Å². The molecule has 0 unspecified atom stereocenters. The molecule has 0 bridgehead atoms. The average molecular weight is 305 g/mol. The summed E-state index contributed by atoms with van der Waals surface area (Å²) in [6.45, 7) is -0.105. The van der Waals surface area contributed by atoms with E-state index in [9.17, 15) is 9.59 Å². The summed E-state index contributed by atoms with van der Waals surface area (Å²) in [6, 6.07) is 1.62. The van der Waals surface area contributed by atoms with Crippen LogP contribution in [0, 0.1) is 0 Å². The topological polar surface area (TPSA) is 89.8 Å². The third-order valence-corrected chi connectivity index (χ3v) is 4.03. The highest BCUT2D eigenvalue weighted by Crippen LogP contribution is 2.16. The van der Waals surface area contributed by atoms with Crippen molar-refractivity contribution >= 4 is 22.4 Å². The molecule has 0 saturated heterocycles. The molecular weight excluding hydrogens is 290 g/mol. The minimum atomic E-state index is -0.324. The molecule has 0 spiro atoms. The van der Waals surface area contributed by atoms with E-state index in [4.69, 9.17) is 0 Å². The van der Waals surface area contributed by atoms with Crippen molar-refractivity contribution in [3.63, 3.8) is 0 Å². The molecule has 0 fully saturated rings. The maximum absolute atomic E-state index is 12.0. The number of nitrogens with one attached hydrogen (secondary N) is 1. The van der Waals surface area contributed by atoms with Gasteiger partial charge in [0.25, 0.3) is 5.56 Å². The molecule has 1 aliphatic rings. The summed E-state index contributed by atoms with van der Waals surface area (Å²) in [4.78, 5) is 23.9. The van der Waals surface area contributed by atoms with Gasteiger partial charge in [0.05, 0.1) is 5.69 Å². The van der Waals surface area contributed by atoms with Crippen LogP contribution in [0.1, 0.15) is 30.5 Å². The molecule has 1 aliphatic carbocycles. The number of fused-ring (bicyclic) bond motifs is 1. The molecule has 3 rings (SSSR count). The Kier molecular flexibility index (Phi) is 4.05. The lowest BCUT2D eigenvalue weighted by Gasteiger charge is -2.09. The number of carbonyl (C=O) groups excluding carboxylic acids is 1. The van der Waals surface area contributed by atoms with Crippen LogP contribution in [-0.2, 0) is 24.2 Å². The molecule has 8 heteroatoms. The van der Waals surface area contributed by atoms with E-state index in [-0.39, 0.29) is 18.0 Å². The predicted octanol–water partition coefficient (Wildman–Crippen LogP) is 1.00. The summed E-state index contributed by atoms with van der Waals surface area (Å²) in [5.41, 5.74) is 3.26. The highest BCUT2D eigenvalue weighted by Gasteiger charge is 2.14. The van der Waals surface area contributed by atoms with Gasteiger partial charge in [-0.1, -0.05) is 17.8 Å². The molecule has 2 heterocycles. The Morgan fingerprint density at radius 3 is 3.00 bits per heavy atom. The van der Waals surface area contributed by atoms with Crippen LogP contribution in [0.2, 0.25) is 0 Å². The largest absolute Gasteiger partial charge is 0.299 e. The van der Waals surface area contributed by atoms with Crippen LogP contribution >= 0.6 is 11.3 Å². The van der Waals surface area contributed by atoms with Crippen LogP contribution in [0.5, 0.6) is 0 Å². The van der Waals surface area contributed by atoms with E-state index in [1.807, 2.05) is 0 Å². The van der Waals surface area contributed by atoms with Crippen molar-refractivity contribution in [3.05, 3.63) is 33.2 Å². The van der Waals surface area contributed by atoms with Gasteiger partial charge in [0.1, 0.15) is 12.1 Å². The van der Waals surface area contributed by atoms with Crippen molar-refractivity contribution < 1.29 is 4.79 Å². The number of aryl methyl sites for hydroxylation is 2. The number of aromatic nitrogens is 4. The molecule has 21 heavy (non-hydrogen) atoms. The van der Waals surface area contributed by atoms with Gasteiger partial charge < -0.3 is 0 Å². The predicted molar refractivity (Wildman–Crippen MR) is 78.3 cm³/mol. The first-order chi connectivity index (χ1) is 10.2. The molecule has 1 N–H and O–H groups in total. The van der Waals surface area contributed by atoms with Crippen LogP contribution in [0.15, 0.2) is 16.4 Å². The second-order valence-corrected chi connectivity index (χ2v) is 5.80. The second-order valence-electron chi connectivity index (χ2n) is 4.96. The quantitative estimate of drug-likeness (QED) is 0.855. The number of carbonyl (C=O) groups is 1. The van der Waals surface area contributed by atoms with Gasteiger partial charge in [-0.3, -0.25) is 14.9 Å². The Morgan fingerprint density at radius 1 is 1.33 bits per heavy atom. The lowest BCUT2D eigenvalue weighted by molar-refractivity contribution is -0.117. The molecule has 0 saturated carbocycles.